The van der Waals surface area contributed by atoms with Crippen LogP contribution in [0.2, 0.25) is 0 Å². The van der Waals surface area contributed by atoms with Crippen LogP contribution in [0, 0.1) is 5.92 Å². The average molecular weight is 232 g/mol. The Bertz CT molecular complexity index is 374. The highest BCUT2D eigenvalue weighted by Crippen LogP contribution is 2.30. The molecule has 0 saturated carbocycles. The number of ether oxygens (including phenoxy) is 1. The van der Waals surface area contributed by atoms with E-state index in [0.29, 0.717) is 11.8 Å². The highest BCUT2D eigenvalue weighted by Gasteiger charge is 2.21. The summed E-state index contributed by atoms with van der Waals surface area (Å²) >= 11 is 0. The molecule has 2 heteroatoms. The van der Waals surface area contributed by atoms with Gasteiger partial charge in [-0.15, -0.1) is 0 Å². The molecule has 0 spiro atoms. The van der Waals surface area contributed by atoms with Gasteiger partial charge in [0.25, 0.3) is 0 Å². The van der Waals surface area contributed by atoms with Crippen LogP contribution in [0.25, 0.3) is 0 Å². The Morgan fingerprint density at radius 1 is 1.35 bits per heavy atom. The van der Waals surface area contributed by atoms with E-state index in [2.05, 4.69) is 19.1 Å². The van der Waals surface area contributed by atoms with E-state index in [-0.39, 0.29) is 5.78 Å². The van der Waals surface area contributed by atoms with Crippen molar-refractivity contribution in [3.05, 3.63) is 35.4 Å². The van der Waals surface area contributed by atoms with E-state index in [1.54, 1.807) is 6.92 Å². The first-order valence-corrected chi connectivity index (χ1v) is 6.37. The van der Waals surface area contributed by atoms with Crippen LogP contribution in [0.5, 0.6) is 0 Å². The van der Waals surface area contributed by atoms with Crippen LogP contribution >= 0.6 is 0 Å². The molecule has 1 saturated heterocycles. The van der Waals surface area contributed by atoms with Gasteiger partial charge in [-0.25, -0.2) is 0 Å². The van der Waals surface area contributed by atoms with Crippen LogP contribution < -0.4 is 0 Å². The van der Waals surface area contributed by atoms with Gasteiger partial charge in [-0.2, -0.15) is 0 Å². The lowest BCUT2D eigenvalue weighted by molar-refractivity contribution is 0.0463. The maximum atomic E-state index is 11.2. The summed E-state index contributed by atoms with van der Waals surface area (Å²) in [6, 6.07) is 8.02. The fraction of sp³-hybridized carbons (Fsp3) is 0.533. The maximum absolute atomic E-state index is 11.2. The highest BCUT2D eigenvalue weighted by molar-refractivity contribution is 5.94. The van der Waals surface area contributed by atoms with Gasteiger partial charge in [0.15, 0.2) is 5.78 Å². The largest absolute Gasteiger partial charge is 0.381 e. The van der Waals surface area contributed by atoms with Crippen molar-refractivity contribution in [3.63, 3.8) is 0 Å². The van der Waals surface area contributed by atoms with Crippen molar-refractivity contribution in [2.75, 3.05) is 13.2 Å². The Hall–Kier alpha value is -1.15. The van der Waals surface area contributed by atoms with Crippen molar-refractivity contribution in [2.24, 2.45) is 5.92 Å². The lowest BCUT2D eigenvalue weighted by Gasteiger charge is -2.28. The molecular weight excluding hydrogens is 212 g/mol. The van der Waals surface area contributed by atoms with Crippen LogP contribution in [0.3, 0.4) is 0 Å². The number of Topliss-reactive ketones (excluding diaryl/α,β-unsaturated/α-hetero) is 1. The predicted octanol–water partition coefficient (Wildman–Crippen LogP) is 3.42. The van der Waals surface area contributed by atoms with Gasteiger partial charge in [-0.3, -0.25) is 4.79 Å². The lowest BCUT2D eigenvalue weighted by Crippen LogP contribution is -2.22. The second-order valence-electron chi connectivity index (χ2n) is 4.94. The van der Waals surface area contributed by atoms with Gasteiger partial charge in [0, 0.05) is 18.8 Å². The molecule has 1 aromatic rings. The van der Waals surface area contributed by atoms with Crippen molar-refractivity contribution in [2.45, 2.75) is 32.6 Å². The molecule has 2 nitrogen and oxygen atoms in total. The molecule has 2 rings (SSSR count). The summed E-state index contributed by atoms with van der Waals surface area (Å²) in [5, 5.41) is 0. The number of carbonyl (C=O) groups is 1. The van der Waals surface area contributed by atoms with Gasteiger partial charge < -0.3 is 4.74 Å². The second kappa shape index (κ2) is 5.46. The van der Waals surface area contributed by atoms with E-state index in [1.807, 2.05) is 12.1 Å². The van der Waals surface area contributed by atoms with Crippen molar-refractivity contribution >= 4 is 5.78 Å². The number of benzene rings is 1. The van der Waals surface area contributed by atoms with Gasteiger partial charge in [-0.05, 0) is 37.2 Å². The lowest BCUT2D eigenvalue weighted by atomic mass is 9.84. The quantitative estimate of drug-likeness (QED) is 0.746. The Morgan fingerprint density at radius 2 is 2.06 bits per heavy atom. The Kier molecular flexibility index (Phi) is 3.95. The maximum Gasteiger partial charge on any atom is 0.159 e. The van der Waals surface area contributed by atoms with Gasteiger partial charge in [0.1, 0.15) is 0 Å². The smallest absolute Gasteiger partial charge is 0.159 e. The van der Waals surface area contributed by atoms with Gasteiger partial charge in [0.05, 0.1) is 0 Å². The van der Waals surface area contributed by atoms with Crippen molar-refractivity contribution in [3.8, 4) is 0 Å². The van der Waals surface area contributed by atoms with E-state index in [1.165, 1.54) is 18.4 Å². The molecule has 1 aliphatic heterocycles. The molecule has 1 fully saturated rings. The molecule has 0 aromatic heterocycles. The molecule has 2 atom stereocenters. The van der Waals surface area contributed by atoms with E-state index in [4.69, 9.17) is 4.74 Å². The molecule has 0 aliphatic carbocycles. The van der Waals surface area contributed by atoms with Gasteiger partial charge in [-0.1, -0.05) is 31.2 Å². The zero-order valence-corrected chi connectivity index (χ0v) is 10.6. The van der Waals surface area contributed by atoms with Crippen LogP contribution in [-0.2, 0) is 4.74 Å². The molecule has 1 aromatic carbocycles. The second-order valence-corrected chi connectivity index (χ2v) is 4.94. The Balaban J connectivity index is 2.07. The predicted molar refractivity (Wildman–Crippen MR) is 68.4 cm³/mol. The van der Waals surface area contributed by atoms with Gasteiger partial charge in [0.2, 0.25) is 0 Å². The summed E-state index contributed by atoms with van der Waals surface area (Å²) in [4.78, 5) is 11.2. The number of rotatable bonds is 3. The molecule has 92 valence electrons. The van der Waals surface area contributed by atoms with E-state index >= 15 is 0 Å². The first-order valence-electron chi connectivity index (χ1n) is 6.37. The van der Waals surface area contributed by atoms with Crippen LogP contribution in [0.1, 0.15) is 48.5 Å². The minimum Gasteiger partial charge on any atom is -0.381 e. The fourth-order valence-corrected chi connectivity index (χ4v) is 2.45. The van der Waals surface area contributed by atoms with Crippen LogP contribution in [-0.4, -0.2) is 19.0 Å². The first kappa shape index (κ1) is 12.3. The first-order chi connectivity index (χ1) is 8.18. The normalized spacial score (nSPS) is 22.1. The molecule has 0 radical (unpaired) electrons. The van der Waals surface area contributed by atoms with E-state index in [9.17, 15) is 4.79 Å². The Morgan fingerprint density at radius 3 is 2.59 bits per heavy atom. The van der Waals surface area contributed by atoms with Crippen molar-refractivity contribution < 1.29 is 9.53 Å². The summed E-state index contributed by atoms with van der Waals surface area (Å²) in [5.74, 6) is 1.26. The zero-order valence-electron chi connectivity index (χ0n) is 10.6. The molecule has 2 unspecified atom stereocenters. The van der Waals surface area contributed by atoms with Crippen LogP contribution in [0.15, 0.2) is 24.3 Å². The molecule has 0 amide bonds. The zero-order chi connectivity index (χ0) is 12.3. The third-order valence-corrected chi connectivity index (χ3v) is 3.75. The SMILES string of the molecule is CC(=O)c1ccc(C(C)C2CCCOC2)cc1. The topological polar surface area (TPSA) is 26.3 Å². The molecule has 1 aliphatic rings. The summed E-state index contributed by atoms with van der Waals surface area (Å²) in [5.41, 5.74) is 2.10. The molecule has 0 bridgehead atoms. The third-order valence-electron chi connectivity index (χ3n) is 3.75. The average Bonchev–Trinajstić information content (AvgIpc) is 2.39. The minimum absolute atomic E-state index is 0.130. The number of hydrogen-bond acceptors (Lipinski definition) is 2. The highest BCUT2D eigenvalue weighted by atomic mass is 16.5. The summed E-state index contributed by atoms with van der Waals surface area (Å²) < 4.78 is 5.53. The number of carbonyl (C=O) groups excluding carboxylic acids is 1. The molecular formula is C15H20O2. The molecule has 1 heterocycles. The van der Waals surface area contributed by atoms with Crippen molar-refractivity contribution in [1.82, 2.24) is 0 Å². The molecule has 17 heavy (non-hydrogen) atoms. The number of ketones is 1. The monoisotopic (exact) mass is 232 g/mol. The fourth-order valence-electron chi connectivity index (χ4n) is 2.45. The number of hydrogen-bond donors (Lipinski definition) is 0. The molecule has 0 N–H and O–H groups in total. The standard InChI is InChI=1S/C15H20O2/c1-11(15-4-3-9-17-10-15)13-5-7-14(8-6-13)12(2)16/h5-8,11,15H,3-4,9-10H2,1-2H3. The minimum atomic E-state index is 0.130. The summed E-state index contributed by atoms with van der Waals surface area (Å²) in [6.45, 7) is 5.64. The summed E-state index contributed by atoms with van der Waals surface area (Å²) in [6.07, 6.45) is 2.41. The van der Waals surface area contributed by atoms with E-state index < -0.39 is 0 Å². The van der Waals surface area contributed by atoms with Crippen molar-refractivity contribution in [1.29, 1.82) is 0 Å². The van der Waals surface area contributed by atoms with Gasteiger partial charge >= 0.3 is 0 Å². The van der Waals surface area contributed by atoms with E-state index in [0.717, 1.165) is 18.8 Å². The Labute approximate surface area is 103 Å². The van der Waals surface area contributed by atoms with Crippen LogP contribution in [0.4, 0.5) is 0 Å². The third kappa shape index (κ3) is 2.95. The summed E-state index contributed by atoms with van der Waals surface area (Å²) in [7, 11) is 0.